The second-order valence-electron chi connectivity index (χ2n) is 8.53. The number of ether oxygens (including phenoxy) is 1. The van der Waals surface area contributed by atoms with Crippen LogP contribution in [-0.4, -0.2) is 54.6 Å². The topological polar surface area (TPSA) is 99.2 Å². The van der Waals surface area contributed by atoms with E-state index in [1.54, 1.807) is 22.0 Å². The molecule has 1 fully saturated rings. The molecule has 158 valence electrons. The average molecular weight is 410 g/mol. The number of aromatic nitrogens is 5. The van der Waals surface area contributed by atoms with Crippen molar-refractivity contribution in [3.8, 4) is 22.7 Å². The first-order valence-corrected chi connectivity index (χ1v) is 10.1. The summed E-state index contributed by atoms with van der Waals surface area (Å²) >= 11 is 0. The first kappa shape index (κ1) is 20.1. The van der Waals surface area contributed by atoms with Crippen LogP contribution in [0.5, 0.6) is 0 Å². The van der Waals surface area contributed by atoms with Crippen molar-refractivity contribution < 1.29 is 14.1 Å². The maximum Gasteiger partial charge on any atom is 0.410 e. The van der Waals surface area contributed by atoms with Gasteiger partial charge in [-0.2, -0.15) is 10.1 Å². The van der Waals surface area contributed by atoms with Crippen LogP contribution in [0.2, 0.25) is 0 Å². The molecule has 0 saturated carbocycles. The lowest BCUT2D eigenvalue weighted by Gasteiger charge is -2.32. The van der Waals surface area contributed by atoms with E-state index in [-0.39, 0.29) is 12.0 Å². The molecule has 0 radical (unpaired) electrons. The van der Waals surface area contributed by atoms with Crippen molar-refractivity contribution in [1.82, 2.24) is 29.8 Å². The van der Waals surface area contributed by atoms with Gasteiger partial charge in [0.15, 0.2) is 5.82 Å². The Bertz CT molecular complexity index is 1030. The lowest BCUT2D eigenvalue weighted by Crippen LogP contribution is -2.41. The Hall–Kier alpha value is -3.23. The number of hydrogen-bond donors (Lipinski definition) is 0. The highest BCUT2D eigenvalue weighted by Gasteiger charge is 2.29. The third-order valence-electron chi connectivity index (χ3n) is 4.96. The molecule has 0 spiro atoms. The number of carbonyl (C=O) groups excluding carboxylic acids is 1. The lowest BCUT2D eigenvalue weighted by atomic mass is 9.96. The Morgan fingerprint density at radius 3 is 2.67 bits per heavy atom. The standard InChI is InChI=1S/C21H26N6O3/c1-21(2,3)29-20(28)27-9-6-14(7-10-27)18-24-19(30-25-18)15-5-8-22-17(11-15)16-12-23-26(4)13-16/h5,8,11-14H,6-7,9-10H2,1-4H3. The predicted molar refractivity (Wildman–Crippen MR) is 110 cm³/mol. The number of rotatable bonds is 3. The molecule has 1 saturated heterocycles. The zero-order valence-electron chi connectivity index (χ0n) is 17.7. The quantitative estimate of drug-likeness (QED) is 0.650. The summed E-state index contributed by atoms with van der Waals surface area (Å²) in [5.74, 6) is 1.29. The van der Waals surface area contributed by atoms with Crippen LogP contribution in [0.15, 0.2) is 35.2 Å². The minimum atomic E-state index is -0.490. The predicted octanol–water partition coefficient (Wildman–Crippen LogP) is 3.65. The molecule has 0 N–H and O–H groups in total. The minimum absolute atomic E-state index is 0.154. The molecule has 3 aromatic rings. The number of aryl methyl sites for hydroxylation is 1. The van der Waals surface area contributed by atoms with Crippen LogP contribution in [0.4, 0.5) is 4.79 Å². The number of pyridine rings is 1. The van der Waals surface area contributed by atoms with E-state index in [2.05, 4.69) is 20.2 Å². The SMILES string of the molecule is Cn1cc(-c2cc(-c3nc(C4CCN(C(=O)OC(C)(C)C)CC4)no3)ccn2)cn1. The Balaban J connectivity index is 1.42. The fraction of sp³-hybridized carbons (Fsp3) is 0.476. The number of hydrogen-bond acceptors (Lipinski definition) is 7. The molecule has 9 heteroatoms. The van der Waals surface area contributed by atoms with Gasteiger partial charge in [-0.15, -0.1) is 0 Å². The number of amides is 1. The molecule has 0 bridgehead atoms. The van der Waals surface area contributed by atoms with Crippen LogP contribution in [-0.2, 0) is 11.8 Å². The minimum Gasteiger partial charge on any atom is -0.444 e. The Morgan fingerprint density at radius 1 is 1.23 bits per heavy atom. The monoisotopic (exact) mass is 410 g/mol. The Morgan fingerprint density at radius 2 is 2.00 bits per heavy atom. The second kappa shape index (κ2) is 7.89. The van der Waals surface area contributed by atoms with Gasteiger partial charge in [0.2, 0.25) is 0 Å². The number of carbonyl (C=O) groups is 1. The van der Waals surface area contributed by atoms with Crippen molar-refractivity contribution in [2.45, 2.75) is 45.1 Å². The zero-order valence-corrected chi connectivity index (χ0v) is 17.7. The van der Waals surface area contributed by atoms with Gasteiger partial charge in [-0.05, 0) is 45.7 Å². The summed E-state index contributed by atoms with van der Waals surface area (Å²) in [6.07, 6.45) is 6.67. The summed E-state index contributed by atoms with van der Waals surface area (Å²) in [5.41, 5.74) is 2.05. The van der Waals surface area contributed by atoms with Crippen molar-refractivity contribution in [2.75, 3.05) is 13.1 Å². The second-order valence-corrected chi connectivity index (χ2v) is 8.53. The van der Waals surface area contributed by atoms with E-state index in [0.717, 1.165) is 29.7 Å². The molecule has 0 unspecified atom stereocenters. The van der Waals surface area contributed by atoms with Crippen molar-refractivity contribution in [2.24, 2.45) is 7.05 Å². The summed E-state index contributed by atoms with van der Waals surface area (Å²) in [6, 6.07) is 3.77. The Kier molecular flexibility index (Phi) is 5.27. The molecule has 30 heavy (non-hydrogen) atoms. The molecule has 0 aliphatic carbocycles. The van der Waals surface area contributed by atoms with E-state index >= 15 is 0 Å². The summed E-state index contributed by atoms with van der Waals surface area (Å²) in [7, 11) is 1.87. The summed E-state index contributed by atoms with van der Waals surface area (Å²) < 4.78 is 12.7. The molecule has 1 aliphatic heterocycles. The van der Waals surface area contributed by atoms with Crippen LogP contribution in [0, 0.1) is 0 Å². The Labute approximate surface area is 175 Å². The van der Waals surface area contributed by atoms with Gasteiger partial charge in [0.05, 0.1) is 11.9 Å². The van der Waals surface area contributed by atoms with Gasteiger partial charge in [0, 0.05) is 49.6 Å². The molecule has 0 atom stereocenters. The molecule has 0 aromatic carbocycles. The molecule has 4 heterocycles. The van der Waals surface area contributed by atoms with Crippen LogP contribution in [0.1, 0.15) is 45.4 Å². The fourth-order valence-electron chi connectivity index (χ4n) is 3.44. The van der Waals surface area contributed by atoms with Crippen molar-refractivity contribution in [3.05, 3.63) is 36.5 Å². The first-order valence-electron chi connectivity index (χ1n) is 10.1. The largest absolute Gasteiger partial charge is 0.444 e. The van der Waals surface area contributed by atoms with Crippen molar-refractivity contribution in [3.63, 3.8) is 0 Å². The number of nitrogens with zero attached hydrogens (tertiary/aromatic N) is 6. The van der Waals surface area contributed by atoms with E-state index in [4.69, 9.17) is 9.26 Å². The van der Waals surface area contributed by atoms with Gasteiger partial charge in [0.1, 0.15) is 5.60 Å². The summed E-state index contributed by atoms with van der Waals surface area (Å²) in [6.45, 7) is 6.85. The van der Waals surface area contributed by atoms with Crippen LogP contribution in [0.3, 0.4) is 0 Å². The van der Waals surface area contributed by atoms with Crippen LogP contribution >= 0.6 is 0 Å². The summed E-state index contributed by atoms with van der Waals surface area (Å²) in [4.78, 5) is 23.0. The average Bonchev–Trinajstić information content (AvgIpc) is 3.36. The molecular formula is C21H26N6O3. The zero-order chi connectivity index (χ0) is 21.3. The smallest absolute Gasteiger partial charge is 0.410 e. The highest BCUT2D eigenvalue weighted by Crippen LogP contribution is 2.29. The van der Waals surface area contributed by atoms with E-state index in [1.807, 2.05) is 46.1 Å². The van der Waals surface area contributed by atoms with Gasteiger partial charge < -0.3 is 14.2 Å². The molecule has 9 nitrogen and oxygen atoms in total. The van der Waals surface area contributed by atoms with Gasteiger partial charge in [-0.3, -0.25) is 9.67 Å². The van der Waals surface area contributed by atoms with Crippen LogP contribution < -0.4 is 0 Å². The molecule has 4 rings (SSSR count). The maximum absolute atomic E-state index is 12.2. The maximum atomic E-state index is 12.2. The first-order chi connectivity index (χ1) is 14.3. The van der Waals surface area contributed by atoms with Gasteiger partial charge in [-0.1, -0.05) is 5.16 Å². The molecule has 1 aliphatic rings. The van der Waals surface area contributed by atoms with Gasteiger partial charge >= 0.3 is 6.09 Å². The highest BCUT2D eigenvalue weighted by molar-refractivity contribution is 5.68. The van der Waals surface area contributed by atoms with Crippen molar-refractivity contribution in [1.29, 1.82) is 0 Å². The van der Waals surface area contributed by atoms with E-state index in [0.29, 0.717) is 24.8 Å². The van der Waals surface area contributed by atoms with Gasteiger partial charge in [-0.25, -0.2) is 4.79 Å². The summed E-state index contributed by atoms with van der Waals surface area (Å²) in [5, 5.41) is 8.38. The third kappa shape index (κ3) is 4.50. The number of likely N-dealkylation sites (tertiary alicyclic amines) is 1. The van der Waals surface area contributed by atoms with E-state index in [1.165, 1.54) is 0 Å². The lowest BCUT2D eigenvalue weighted by molar-refractivity contribution is 0.0203. The molecular weight excluding hydrogens is 384 g/mol. The van der Waals surface area contributed by atoms with Crippen molar-refractivity contribution >= 4 is 6.09 Å². The van der Waals surface area contributed by atoms with E-state index in [9.17, 15) is 4.79 Å². The van der Waals surface area contributed by atoms with Gasteiger partial charge in [0.25, 0.3) is 5.89 Å². The third-order valence-corrected chi connectivity index (χ3v) is 4.96. The normalized spacial score (nSPS) is 15.4. The fourth-order valence-corrected chi connectivity index (χ4v) is 3.44. The number of piperidine rings is 1. The van der Waals surface area contributed by atoms with Crippen LogP contribution in [0.25, 0.3) is 22.7 Å². The highest BCUT2D eigenvalue weighted by atomic mass is 16.6. The molecule has 3 aromatic heterocycles. The molecule has 1 amide bonds. The van der Waals surface area contributed by atoms with E-state index < -0.39 is 5.60 Å².